The van der Waals surface area contributed by atoms with Gasteiger partial charge in [0.2, 0.25) is 5.91 Å². The SMILES string of the molecule is COc1cccc2sc(N3CCN(CCNC(=O)C(C)(C)C)CC3)nc12. The Bertz CT molecular complexity index is 760. The molecule has 0 aliphatic carbocycles. The largest absolute Gasteiger partial charge is 0.494 e. The Balaban J connectivity index is 1.52. The van der Waals surface area contributed by atoms with Gasteiger partial charge in [-0.25, -0.2) is 4.98 Å². The Morgan fingerprint density at radius 3 is 2.65 bits per heavy atom. The number of nitrogens with zero attached hydrogens (tertiary/aromatic N) is 3. The number of piperazine rings is 1. The maximum Gasteiger partial charge on any atom is 0.225 e. The van der Waals surface area contributed by atoms with Crippen LogP contribution in [-0.2, 0) is 4.79 Å². The van der Waals surface area contributed by atoms with Crippen LogP contribution in [0.4, 0.5) is 5.13 Å². The van der Waals surface area contributed by atoms with Crippen LogP contribution >= 0.6 is 11.3 Å². The van der Waals surface area contributed by atoms with Crippen molar-refractivity contribution in [3.05, 3.63) is 18.2 Å². The number of aromatic nitrogens is 1. The van der Waals surface area contributed by atoms with Gasteiger partial charge in [-0.05, 0) is 12.1 Å². The van der Waals surface area contributed by atoms with Crippen LogP contribution in [0, 0.1) is 5.41 Å². The molecule has 0 bridgehead atoms. The maximum absolute atomic E-state index is 11.9. The Morgan fingerprint density at radius 2 is 2.00 bits per heavy atom. The molecule has 6 nitrogen and oxygen atoms in total. The minimum atomic E-state index is -0.327. The Hall–Kier alpha value is -1.86. The highest BCUT2D eigenvalue weighted by molar-refractivity contribution is 7.22. The average Bonchev–Trinajstić information content (AvgIpc) is 3.05. The van der Waals surface area contributed by atoms with Gasteiger partial charge in [-0.2, -0.15) is 0 Å². The number of ether oxygens (including phenoxy) is 1. The summed E-state index contributed by atoms with van der Waals surface area (Å²) in [4.78, 5) is 21.5. The van der Waals surface area contributed by atoms with E-state index in [0.717, 1.165) is 53.8 Å². The van der Waals surface area contributed by atoms with E-state index in [1.807, 2.05) is 32.9 Å². The van der Waals surface area contributed by atoms with Crippen LogP contribution in [0.15, 0.2) is 18.2 Å². The van der Waals surface area contributed by atoms with Crippen molar-refractivity contribution in [3.8, 4) is 5.75 Å². The van der Waals surface area contributed by atoms with E-state index in [1.165, 1.54) is 0 Å². The number of hydrogen-bond acceptors (Lipinski definition) is 6. The molecule has 0 radical (unpaired) electrons. The molecule has 0 unspecified atom stereocenters. The fraction of sp³-hybridized carbons (Fsp3) is 0.579. The molecule has 1 N–H and O–H groups in total. The second-order valence-electron chi connectivity index (χ2n) is 7.64. The molecular weight excluding hydrogens is 348 g/mol. The topological polar surface area (TPSA) is 57.7 Å². The van der Waals surface area contributed by atoms with E-state index in [0.29, 0.717) is 6.54 Å². The third-order valence-corrected chi connectivity index (χ3v) is 5.71. The van der Waals surface area contributed by atoms with Crippen LogP contribution in [0.5, 0.6) is 5.75 Å². The fourth-order valence-corrected chi connectivity index (χ4v) is 4.00. The van der Waals surface area contributed by atoms with E-state index in [-0.39, 0.29) is 11.3 Å². The van der Waals surface area contributed by atoms with E-state index < -0.39 is 0 Å². The first-order valence-electron chi connectivity index (χ1n) is 9.07. The molecule has 1 saturated heterocycles. The summed E-state index contributed by atoms with van der Waals surface area (Å²) in [5.74, 6) is 0.942. The van der Waals surface area contributed by atoms with Gasteiger partial charge in [-0.3, -0.25) is 9.69 Å². The van der Waals surface area contributed by atoms with Gasteiger partial charge in [0.1, 0.15) is 11.3 Å². The maximum atomic E-state index is 11.9. The number of amides is 1. The lowest BCUT2D eigenvalue weighted by Crippen LogP contribution is -2.49. The van der Waals surface area contributed by atoms with Gasteiger partial charge in [0.25, 0.3) is 0 Å². The summed E-state index contributed by atoms with van der Waals surface area (Å²) < 4.78 is 6.57. The number of para-hydroxylation sites is 1. The first-order chi connectivity index (χ1) is 12.4. The predicted octanol–water partition coefficient (Wildman–Crippen LogP) is 2.59. The quantitative estimate of drug-likeness (QED) is 0.869. The summed E-state index contributed by atoms with van der Waals surface area (Å²) in [5, 5.41) is 4.09. The van der Waals surface area contributed by atoms with Crippen molar-refractivity contribution in [3.63, 3.8) is 0 Å². The molecule has 1 aliphatic heterocycles. The van der Waals surface area contributed by atoms with Crippen molar-refractivity contribution in [2.75, 3.05) is 51.3 Å². The molecule has 1 aromatic heterocycles. The molecule has 1 aromatic carbocycles. The summed E-state index contributed by atoms with van der Waals surface area (Å²) in [7, 11) is 1.69. The summed E-state index contributed by atoms with van der Waals surface area (Å²) in [5.41, 5.74) is 0.620. The first-order valence-corrected chi connectivity index (χ1v) is 9.89. The van der Waals surface area contributed by atoms with E-state index in [2.05, 4.69) is 21.2 Å². The molecular formula is C19H28N4O2S. The van der Waals surface area contributed by atoms with Gasteiger partial charge in [-0.1, -0.05) is 38.2 Å². The molecule has 1 fully saturated rings. The van der Waals surface area contributed by atoms with Gasteiger partial charge in [0.05, 0.1) is 11.8 Å². The normalized spacial score (nSPS) is 16.1. The Morgan fingerprint density at radius 1 is 1.27 bits per heavy atom. The number of fused-ring (bicyclic) bond motifs is 1. The number of benzene rings is 1. The van der Waals surface area contributed by atoms with Crippen LogP contribution in [0.3, 0.4) is 0 Å². The molecule has 0 saturated carbocycles. The lowest BCUT2D eigenvalue weighted by atomic mass is 9.96. The minimum Gasteiger partial charge on any atom is -0.494 e. The molecule has 1 amide bonds. The van der Waals surface area contributed by atoms with Crippen molar-refractivity contribution < 1.29 is 9.53 Å². The van der Waals surface area contributed by atoms with Crippen LogP contribution < -0.4 is 15.0 Å². The number of carbonyl (C=O) groups excluding carboxylic acids is 1. The van der Waals surface area contributed by atoms with Crippen molar-refractivity contribution in [1.29, 1.82) is 0 Å². The summed E-state index contributed by atoms with van der Waals surface area (Å²) in [6.45, 7) is 11.3. The zero-order valence-corrected chi connectivity index (χ0v) is 16.9. The highest BCUT2D eigenvalue weighted by atomic mass is 32.1. The van der Waals surface area contributed by atoms with Crippen molar-refractivity contribution in [1.82, 2.24) is 15.2 Å². The second-order valence-corrected chi connectivity index (χ2v) is 8.65. The first kappa shape index (κ1) is 18.9. The molecule has 0 atom stereocenters. The van der Waals surface area contributed by atoms with Gasteiger partial charge in [-0.15, -0.1) is 0 Å². The number of thiazole rings is 1. The number of methoxy groups -OCH3 is 1. The Labute approximate surface area is 159 Å². The number of nitrogens with one attached hydrogen (secondary N) is 1. The van der Waals surface area contributed by atoms with E-state index in [9.17, 15) is 4.79 Å². The Kier molecular flexibility index (Phi) is 5.67. The molecule has 142 valence electrons. The van der Waals surface area contributed by atoms with Crippen LogP contribution in [0.25, 0.3) is 10.2 Å². The van der Waals surface area contributed by atoms with Crippen molar-refractivity contribution in [2.45, 2.75) is 20.8 Å². The van der Waals surface area contributed by atoms with Gasteiger partial charge in [0.15, 0.2) is 5.13 Å². The number of anilines is 1. The summed E-state index contributed by atoms with van der Waals surface area (Å²) in [6, 6.07) is 6.05. The molecule has 26 heavy (non-hydrogen) atoms. The number of hydrogen-bond donors (Lipinski definition) is 1. The molecule has 1 aliphatic rings. The van der Waals surface area contributed by atoms with E-state index in [1.54, 1.807) is 18.4 Å². The lowest BCUT2D eigenvalue weighted by Gasteiger charge is -2.34. The smallest absolute Gasteiger partial charge is 0.225 e. The van der Waals surface area contributed by atoms with Gasteiger partial charge < -0.3 is 15.0 Å². The molecule has 7 heteroatoms. The third kappa shape index (κ3) is 4.27. The highest BCUT2D eigenvalue weighted by Gasteiger charge is 2.22. The lowest BCUT2D eigenvalue weighted by molar-refractivity contribution is -0.128. The zero-order chi connectivity index (χ0) is 18.7. The summed E-state index contributed by atoms with van der Waals surface area (Å²) >= 11 is 1.72. The van der Waals surface area contributed by atoms with Crippen LogP contribution in [0.1, 0.15) is 20.8 Å². The minimum absolute atomic E-state index is 0.111. The average molecular weight is 377 g/mol. The predicted molar refractivity (Wildman–Crippen MR) is 107 cm³/mol. The summed E-state index contributed by atoms with van der Waals surface area (Å²) in [6.07, 6.45) is 0. The van der Waals surface area contributed by atoms with Gasteiger partial charge in [0, 0.05) is 44.7 Å². The van der Waals surface area contributed by atoms with Crippen LogP contribution in [0.2, 0.25) is 0 Å². The van der Waals surface area contributed by atoms with Crippen molar-refractivity contribution >= 4 is 32.6 Å². The fourth-order valence-electron chi connectivity index (χ4n) is 2.97. The second kappa shape index (κ2) is 7.80. The number of rotatable bonds is 5. The van der Waals surface area contributed by atoms with E-state index >= 15 is 0 Å². The molecule has 3 rings (SSSR count). The van der Waals surface area contributed by atoms with Gasteiger partial charge >= 0.3 is 0 Å². The highest BCUT2D eigenvalue weighted by Crippen LogP contribution is 2.34. The van der Waals surface area contributed by atoms with Crippen LogP contribution in [-0.4, -0.2) is 62.2 Å². The molecule has 2 aromatic rings. The molecule has 2 heterocycles. The zero-order valence-electron chi connectivity index (χ0n) is 16.0. The van der Waals surface area contributed by atoms with E-state index in [4.69, 9.17) is 9.72 Å². The molecule has 0 spiro atoms. The van der Waals surface area contributed by atoms with Crippen molar-refractivity contribution in [2.24, 2.45) is 5.41 Å². The number of carbonyl (C=O) groups is 1. The monoisotopic (exact) mass is 376 g/mol. The standard InChI is InChI=1S/C19H28N4O2S/c1-19(2,3)17(24)20-8-9-22-10-12-23(13-11-22)18-21-16-14(25-4)6-5-7-15(16)26-18/h5-7H,8-13H2,1-4H3,(H,20,24). The third-order valence-electron chi connectivity index (χ3n) is 4.63.